The lowest BCUT2D eigenvalue weighted by Gasteiger charge is -2.69. The molecule has 5 aliphatic rings. The first-order chi connectivity index (χ1) is 21.1. The fourth-order valence-corrected chi connectivity index (χ4v) is 12.9. The first kappa shape index (κ1) is 29.0. The molecule has 5 aliphatic carbocycles. The zero-order valence-corrected chi connectivity index (χ0v) is 27.4. The second-order valence-electron chi connectivity index (χ2n) is 16.9. The van der Waals surface area contributed by atoms with Gasteiger partial charge in [0.25, 0.3) is 5.89 Å². The Balaban J connectivity index is 1.04. The molecule has 4 heteroatoms. The van der Waals surface area contributed by atoms with Crippen LogP contribution >= 0.6 is 0 Å². The first-order valence-corrected chi connectivity index (χ1v) is 17.8. The van der Waals surface area contributed by atoms with Gasteiger partial charge >= 0.3 is 0 Å². The Labute approximate surface area is 264 Å². The number of rotatable bonds is 4. The molecule has 9 unspecified atom stereocenters. The lowest BCUT2D eigenvalue weighted by atomic mass is 9.36. The largest absolute Gasteiger partial charge is 0.393 e. The molecule has 0 bridgehead atoms. The standard InChI is InChI=1S/C40H52N2O2/c1-37(2)32-18-21-38(3)30-17-23-40(20-9-14-31(40)29(30)15-16-33(38)39(32,4)22-19-34(37)43)25-26-10-8-13-28(24-26)36-41-35(42-44-36)27-11-6-5-7-12-27/h5-8,10-13,24,29-34,43H,9,14-23,25H2,1-4H3. The van der Waals surface area contributed by atoms with Crippen molar-refractivity contribution in [2.45, 2.75) is 111 Å². The van der Waals surface area contributed by atoms with E-state index in [1.54, 1.807) is 0 Å². The molecule has 0 saturated heterocycles. The van der Waals surface area contributed by atoms with Crippen molar-refractivity contribution in [1.82, 2.24) is 10.1 Å². The molecule has 0 amide bonds. The van der Waals surface area contributed by atoms with Crippen molar-refractivity contribution in [3.63, 3.8) is 0 Å². The van der Waals surface area contributed by atoms with Crippen molar-refractivity contribution in [2.24, 2.45) is 51.2 Å². The molecule has 9 atom stereocenters. The number of aliphatic hydroxyl groups is 1. The van der Waals surface area contributed by atoms with Gasteiger partial charge in [0.1, 0.15) is 0 Å². The average molecular weight is 593 g/mol. The molecule has 5 fully saturated rings. The molecule has 0 radical (unpaired) electrons. The highest BCUT2D eigenvalue weighted by Crippen LogP contribution is 2.73. The highest BCUT2D eigenvalue weighted by atomic mass is 16.5. The fourth-order valence-electron chi connectivity index (χ4n) is 12.9. The smallest absolute Gasteiger partial charge is 0.258 e. The highest BCUT2D eigenvalue weighted by Gasteiger charge is 2.66. The van der Waals surface area contributed by atoms with Crippen molar-refractivity contribution in [3.05, 3.63) is 60.2 Å². The van der Waals surface area contributed by atoms with E-state index in [1.807, 2.05) is 30.3 Å². The van der Waals surface area contributed by atoms with Crippen LogP contribution in [0.4, 0.5) is 0 Å². The summed E-state index contributed by atoms with van der Waals surface area (Å²) in [6, 6.07) is 19.1. The summed E-state index contributed by atoms with van der Waals surface area (Å²) in [7, 11) is 0. The van der Waals surface area contributed by atoms with Crippen molar-refractivity contribution in [2.75, 3.05) is 0 Å². The first-order valence-electron chi connectivity index (χ1n) is 17.8. The highest BCUT2D eigenvalue weighted by molar-refractivity contribution is 5.60. The molecule has 0 spiro atoms. The Bertz CT molecular complexity index is 1510. The van der Waals surface area contributed by atoms with E-state index in [2.05, 4.69) is 57.1 Å². The summed E-state index contributed by atoms with van der Waals surface area (Å²) in [6.07, 6.45) is 15.7. The van der Waals surface area contributed by atoms with E-state index in [0.29, 0.717) is 33.9 Å². The van der Waals surface area contributed by atoms with Crippen molar-refractivity contribution in [1.29, 1.82) is 0 Å². The number of aliphatic hydroxyl groups excluding tert-OH is 1. The fraction of sp³-hybridized carbons (Fsp3) is 0.650. The summed E-state index contributed by atoms with van der Waals surface area (Å²) in [5.74, 6) is 5.32. The van der Waals surface area contributed by atoms with Crippen LogP contribution < -0.4 is 0 Å². The minimum atomic E-state index is -0.140. The van der Waals surface area contributed by atoms with Gasteiger partial charge in [-0.2, -0.15) is 4.98 Å². The average Bonchev–Trinajstić information content (AvgIpc) is 3.68. The van der Waals surface area contributed by atoms with Crippen LogP contribution in [0.15, 0.2) is 59.1 Å². The predicted octanol–water partition coefficient (Wildman–Crippen LogP) is 9.77. The van der Waals surface area contributed by atoms with E-state index in [1.165, 1.54) is 76.2 Å². The molecule has 0 aliphatic heterocycles. The van der Waals surface area contributed by atoms with E-state index < -0.39 is 0 Å². The van der Waals surface area contributed by atoms with E-state index in [9.17, 15) is 5.11 Å². The maximum atomic E-state index is 11.0. The Kier molecular flexibility index (Phi) is 6.77. The second-order valence-corrected chi connectivity index (χ2v) is 16.9. The normalized spacial score (nSPS) is 40.8. The van der Waals surface area contributed by atoms with E-state index in [-0.39, 0.29) is 11.5 Å². The third-order valence-electron chi connectivity index (χ3n) is 14.9. The van der Waals surface area contributed by atoms with Crippen LogP contribution in [0.1, 0.15) is 104 Å². The molecule has 8 rings (SSSR count). The molecule has 5 saturated carbocycles. The summed E-state index contributed by atoms with van der Waals surface area (Å²) in [6.45, 7) is 10.1. The van der Waals surface area contributed by atoms with Crippen LogP contribution in [0.3, 0.4) is 0 Å². The van der Waals surface area contributed by atoms with E-state index in [4.69, 9.17) is 9.51 Å². The number of nitrogens with zero attached hydrogens (tertiary/aromatic N) is 2. The zero-order valence-electron chi connectivity index (χ0n) is 27.4. The minimum absolute atomic E-state index is 0.0389. The van der Waals surface area contributed by atoms with E-state index in [0.717, 1.165) is 41.2 Å². The molecule has 44 heavy (non-hydrogen) atoms. The van der Waals surface area contributed by atoms with Gasteiger partial charge in [-0.1, -0.05) is 81.7 Å². The van der Waals surface area contributed by atoms with Gasteiger partial charge in [-0.15, -0.1) is 0 Å². The number of hydrogen-bond acceptors (Lipinski definition) is 4. The number of fused-ring (bicyclic) bond motifs is 7. The molecule has 3 aromatic rings. The van der Waals surface area contributed by atoms with Crippen LogP contribution in [0, 0.1) is 51.2 Å². The Morgan fingerprint density at radius 1 is 0.750 bits per heavy atom. The summed E-state index contributed by atoms with van der Waals surface area (Å²) < 4.78 is 5.76. The van der Waals surface area contributed by atoms with Gasteiger partial charge in [0, 0.05) is 11.1 Å². The Morgan fingerprint density at radius 3 is 2.39 bits per heavy atom. The zero-order chi connectivity index (χ0) is 30.3. The third-order valence-corrected chi connectivity index (χ3v) is 14.9. The number of aromatic nitrogens is 2. The maximum absolute atomic E-state index is 11.0. The monoisotopic (exact) mass is 592 g/mol. The second kappa shape index (κ2) is 10.3. The summed E-state index contributed by atoms with van der Waals surface area (Å²) in [4.78, 5) is 4.76. The number of benzene rings is 2. The quantitative estimate of drug-likeness (QED) is 0.328. The minimum Gasteiger partial charge on any atom is -0.393 e. The van der Waals surface area contributed by atoms with Gasteiger partial charge in [-0.05, 0) is 140 Å². The Morgan fingerprint density at radius 2 is 1.55 bits per heavy atom. The van der Waals surface area contributed by atoms with Crippen molar-refractivity contribution >= 4 is 0 Å². The molecule has 1 aromatic heterocycles. The summed E-state index contributed by atoms with van der Waals surface area (Å²) >= 11 is 0. The molecule has 234 valence electrons. The predicted molar refractivity (Wildman–Crippen MR) is 176 cm³/mol. The molecule has 1 N–H and O–H groups in total. The van der Waals surface area contributed by atoms with Crippen molar-refractivity contribution in [3.8, 4) is 22.8 Å². The molecule has 1 heterocycles. The van der Waals surface area contributed by atoms with Crippen molar-refractivity contribution < 1.29 is 9.63 Å². The SMILES string of the molecule is CC1(C)C(O)CCC2(C)C1CCC1(C)C3CCC4(Cc5cccc(-c6nc(-c7ccccc7)no6)c5)CCCC4C3CCC12. The van der Waals surface area contributed by atoms with Crippen LogP contribution in [-0.2, 0) is 6.42 Å². The lowest BCUT2D eigenvalue weighted by Crippen LogP contribution is -2.63. The van der Waals surface area contributed by atoms with Gasteiger partial charge < -0.3 is 9.63 Å². The van der Waals surface area contributed by atoms with Gasteiger partial charge in [0.05, 0.1) is 6.10 Å². The van der Waals surface area contributed by atoms with Gasteiger partial charge in [0.2, 0.25) is 5.82 Å². The summed E-state index contributed by atoms with van der Waals surface area (Å²) in [5, 5.41) is 15.3. The molecular formula is C40H52N2O2. The molecule has 4 nitrogen and oxygen atoms in total. The topological polar surface area (TPSA) is 59.2 Å². The third kappa shape index (κ3) is 4.25. The maximum Gasteiger partial charge on any atom is 0.258 e. The van der Waals surface area contributed by atoms with Gasteiger partial charge in [-0.3, -0.25) is 0 Å². The van der Waals surface area contributed by atoms with Crippen LogP contribution in [-0.4, -0.2) is 21.4 Å². The van der Waals surface area contributed by atoms with Gasteiger partial charge in [-0.25, -0.2) is 0 Å². The molecular weight excluding hydrogens is 540 g/mol. The molecule has 2 aromatic carbocycles. The van der Waals surface area contributed by atoms with Crippen LogP contribution in [0.5, 0.6) is 0 Å². The number of hydrogen-bond donors (Lipinski definition) is 1. The Hall–Kier alpha value is -2.46. The van der Waals surface area contributed by atoms with E-state index >= 15 is 0 Å². The summed E-state index contributed by atoms with van der Waals surface area (Å²) in [5.41, 5.74) is 4.76. The van der Waals surface area contributed by atoms with Gasteiger partial charge in [0.15, 0.2) is 0 Å². The van der Waals surface area contributed by atoms with Crippen LogP contribution in [0.2, 0.25) is 0 Å². The van der Waals surface area contributed by atoms with Crippen LogP contribution in [0.25, 0.3) is 22.8 Å². The lowest BCUT2D eigenvalue weighted by molar-refractivity contribution is -0.214.